The maximum atomic E-state index is 12.3. The Morgan fingerprint density at radius 2 is 2.00 bits per heavy atom. The number of nitrogens with zero attached hydrogens (tertiary/aromatic N) is 5. The quantitative estimate of drug-likeness (QED) is 0.851. The molecule has 7 heteroatoms. The summed E-state index contributed by atoms with van der Waals surface area (Å²) in [4.78, 5) is 15.3. The predicted molar refractivity (Wildman–Crippen MR) is 80.9 cm³/mol. The SMILES string of the molecule is CCC(C(=O)N(C)CC)n1nnc(-c2ccc(Cl)cc2)n1. The summed E-state index contributed by atoms with van der Waals surface area (Å²) in [5.41, 5.74) is 0.816. The van der Waals surface area contributed by atoms with E-state index in [0.29, 0.717) is 23.8 Å². The number of carbonyl (C=O) groups is 1. The molecule has 2 rings (SSSR count). The fourth-order valence-corrected chi connectivity index (χ4v) is 2.04. The summed E-state index contributed by atoms with van der Waals surface area (Å²) in [5, 5.41) is 13.0. The van der Waals surface area contributed by atoms with Crippen LogP contribution in [0.3, 0.4) is 0 Å². The number of likely N-dealkylation sites (N-methyl/N-ethyl adjacent to an activating group) is 1. The van der Waals surface area contributed by atoms with Crippen LogP contribution in [0.25, 0.3) is 11.4 Å². The second-order valence-corrected chi connectivity index (χ2v) is 5.15. The Bertz CT molecular complexity index is 610. The summed E-state index contributed by atoms with van der Waals surface area (Å²) in [6.45, 7) is 4.50. The van der Waals surface area contributed by atoms with E-state index in [4.69, 9.17) is 11.6 Å². The molecular weight excluding hydrogens is 290 g/mol. The van der Waals surface area contributed by atoms with Gasteiger partial charge in [0.15, 0.2) is 6.04 Å². The van der Waals surface area contributed by atoms with Gasteiger partial charge < -0.3 is 4.90 Å². The molecular formula is C14H18ClN5O. The van der Waals surface area contributed by atoms with Crippen LogP contribution in [0, 0.1) is 0 Å². The molecule has 1 amide bonds. The van der Waals surface area contributed by atoms with E-state index in [2.05, 4.69) is 15.4 Å². The third-order valence-corrected chi connectivity index (χ3v) is 3.58. The Kier molecular flexibility index (Phi) is 4.90. The Morgan fingerprint density at radius 3 is 2.57 bits per heavy atom. The third kappa shape index (κ3) is 3.39. The number of tetrazole rings is 1. The zero-order valence-electron chi connectivity index (χ0n) is 12.3. The smallest absolute Gasteiger partial charge is 0.249 e. The Morgan fingerprint density at radius 1 is 1.33 bits per heavy atom. The highest BCUT2D eigenvalue weighted by atomic mass is 35.5. The number of benzene rings is 1. The molecule has 0 bridgehead atoms. The van der Waals surface area contributed by atoms with Gasteiger partial charge in [-0.1, -0.05) is 18.5 Å². The second-order valence-electron chi connectivity index (χ2n) is 4.72. The van der Waals surface area contributed by atoms with Crippen LogP contribution in [-0.4, -0.2) is 44.6 Å². The number of aromatic nitrogens is 4. The summed E-state index contributed by atoms with van der Waals surface area (Å²) in [7, 11) is 1.77. The van der Waals surface area contributed by atoms with E-state index in [1.165, 1.54) is 4.80 Å². The van der Waals surface area contributed by atoms with Gasteiger partial charge in [-0.3, -0.25) is 4.79 Å². The van der Waals surface area contributed by atoms with Crippen molar-refractivity contribution < 1.29 is 4.79 Å². The van der Waals surface area contributed by atoms with Crippen molar-refractivity contribution in [3.8, 4) is 11.4 Å². The van der Waals surface area contributed by atoms with Crippen LogP contribution in [0.2, 0.25) is 5.02 Å². The van der Waals surface area contributed by atoms with Gasteiger partial charge in [-0.25, -0.2) is 0 Å². The van der Waals surface area contributed by atoms with Crippen molar-refractivity contribution in [3.05, 3.63) is 29.3 Å². The van der Waals surface area contributed by atoms with Crippen LogP contribution < -0.4 is 0 Å². The molecule has 0 saturated carbocycles. The fraction of sp³-hybridized carbons (Fsp3) is 0.429. The van der Waals surface area contributed by atoms with E-state index in [1.54, 1.807) is 24.1 Å². The van der Waals surface area contributed by atoms with Crippen molar-refractivity contribution in [2.24, 2.45) is 0 Å². The lowest BCUT2D eigenvalue weighted by Crippen LogP contribution is -2.35. The molecule has 0 N–H and O–H groups in total. The molecule has 0 aliphatic rings. The molecule has 1 aromatic carbocycles. The van der Waals surface area contributed by atoms with Gasteiger partial charge in [-0.15, -0.1) is 10.2 Å². The van der Waals surface area contributed by atoms with Crippen LogP contribution in [0.15, 0.2) is 24.3 Å². The first kappa shape index (κ1) is 15.4. The molecule has 1 heterocycles. The average Bonchev–Trinajstić information content (AvgIpc) is 2.97. The molecule has 1 unspecified atom stereocenters. The van der Waals surface area contributed by atoms with Crippen molar-refractivity contribution in [2.45, 2.75) is 26.3 Å². The van der Waals surface area contributed by atoms with Gasteiger partial charge in [0.25, 0.3) is 0 Å². The first-order chi connectivity index (χ1) is 10.1. The molecule has 6 nitrogen and oxygen atoms in total. The average molecular weight is 308 g/mol. The zero-order valence-corrected chi connectivity index (χ0v) is 13.1. The minimum absolute atomic E-state index is 0.0138. The molecule has 1 aromatic heterocycles. The molecule has 0 aliphatic heterocycles. The van der Waals surface area contributed by atoms with E-state index >= 15 is 0 Å². The number of amides is 1. The first-order valence-corrected chi connectivity index (χ1v) is 7.25. The number of hydrogen-bond donors (Lipinski definition) is 0. The fourth-order valence-electron chi connectivity index (χ4n) is 1.92. The van der Waals surface area contributed by atoms with Gasteiger partial charge in [-0.05, 0) is 42.8 Å². The number of carbonyl (C=O) groups excluding carboxylic acids is 1. The largest absolute Gasteiger partial charge is 0.344 e. The van der Waals surface area contributed by atoms with E-state index in [0.717, 1.165) is 5.56 Å². The van der Waals surface area contributed by atoms with Crippen LogP contribution in [0.4, 0.5) is 0 Å². The normalized spacial score (nSPS) is 12.2. The van der Waals surface area contributed by atoms with Crippen molar-refractivity contribution >= 4 is 17.5 Å². The Hall–Kier alpha value is -1.95. The van der Waals surface area contributed by atoms with E-state index in [-0.39, 0.29) is 5.91 Å². The lowest BCUT2D eigenvalue weighted by molar-refractivity contribution is -0.134. The maximum absolute atomic E-state index is 12.3. The highest BCUT2D eigenvalue weighted by Gasteiger charge is 2.24. The van der Waals surface area contributed by atoms with Gasteiger partial charge in [0, 0.05) is 24.2 Å². The highest BCUT2D eigenvalue weighted by Crippen LogP contribution is 2.19. The Labute approximate surface area is 128 Å². The molecule has 112 valence electrons. The summed E-state index contributed by atoms with van der Waals surface area (Å²) in [6, 6.07) is 6.76. The second kappa shape index (κ2) is 6.67. The van der Waals surface area contributed by atoms with Crippen LogP contribution in [-0.2, 0) is 4.79 Å². The predicted octanol–water partition coefficient (Wildman–Crippen LogP) is 2.42. The molecule has 21 heavy (non-hydrogen) atoms. The molecule has 1 atom stereocenters. The molecule has 0 aliphatic carbocycles. The van der Waals surface area contributed by atoms with Gasteiger partial charge in [0.1, 0.15) is 0 Å². The van der Waals surface area contributed by atoms with Gasteiger partial charge >= 0.3 is 0 Å². The molecule has 0 spiro atoms. The topological polar surface area (TPSA) is 63.9 Å². The highest BCUT2D eigenvalue weighted by molar-refractivity contribution is 6.30. The van der Waals surface area contributed by atoms with E-state index in [1.807, 2.05) is 26.0 Å². The van der Waals surface area contributed by atoms with Crippen molar-refractivity contribution in [1.29, 1.82) is 0 Å². The summed E-state index contributed by atoms with van der Waals surface area (Å²) >= 11 is 5.86. The van der Waals surface area contributed by atoms with Crippen LogP contribution >= 0.6 is 11.6 Å². The van der Waals surface area contributed by atoms with E-state index in [9.17, 15) is 4.79 Å². The summed E-state index contributed by atoms with van der Waals surface area (Å²) < 4.78 is 0. The zero-order chi connectivity index (χ0) is 15.4. The monoisotopic (exact) mass is 307 g/mol. The van der Waals surface area contributed by atoms with Gasteiger partial charge in [0.05, 0.1) is 0 Å². The minimum atomic E-state index is -0.427. The molecule has 0 fully saturated rings. The minimum Gasteiger partial charge on any atom is -0.344 e. The van der Waals surface area contributed by atoms with Gasteiger partial charge in [0.2, 0.25) is 11.7 Å². The van der Waals surface area contributed by atoms with Crippen molar-refractivity contribution in [3.63, 3.8) is 0 Å². The number of rotatable bonds is 5. The third-order valence-electron chi connectivity index (χ3n) is 3.33. The molecule has 2 aromatic rings. The first-order valence-electron chi connectivity index (χ1n) is 6.87. The van der Waals surface area contributed by atoms with Crippen LogP contribution in [0.5, 0.6) is 0 Å². The number of hydrogen-bond acceptors (Lipinski definition) is 4. The maximum Gasteiger partial charge on any atom is 0.249 e. The summed E-state index contributed by atoms with van der Waals surface area (Å²) in [5.74, 6) is 0.470. The molecule has 0 radical (unpaired) electrons. The van der Waals surface area contributed by atoms with Crippen molar-refractivity contribution in [1.82, 2.24) is 25.1 Å². The molecule has 0 saturated heterocycles. The summed E-state index contributed by atoms with van der Waals surface area (Å²) in [6.07, 6.45) is 0.611. The Balaban J connectivity index is 2.25. The lowest BCUT2D eigenvalue weighted by atomic mass is 10.2. The number of halogens is 1. The van der Waals surface area contributed by atoms with Crippen LogP contribution in [0.1, 0.15) is 26.3 Å². The standard InChI is InChI=1S/C14H18ClN5O/c1-4-12(14(21)19(3)5-2)20-17-13(16-18-20)10-6-8-11(15)9-7-10/h6-9,12H,4-5H2,1-3H3. The lowest BCUT2D eigenvalue weighted by Gasteiger charge is -2.20. The van der Waals surface area contributed by atoms with Crippen molar-refractivity contribution in [2.75, 3.05) is 13.6 Å². The van der Waals surface area contributed by atoms with E-state index < -0.39 is 6.04 Å². The van der Waals surface area contributed by atoms with Gasteiger partial charge in [-0.2, -0.15) is 4.80 Å².